The standard InChI is InChI=1S/C19H17BrClN5O2S/c1-2-9-26-17(11-28-15-6-4-14(21)5-7-15)24-25-19(26)29-12-18(27)23-16-8-3-13(20)10-22-16/h2-8,10H,1,9,11-12H2,(H,22,23,27). The Labute approximate surface area is 185 Å². The molecule has 0 saturated heterocycles. The quantitative estimate of drug-likeness (QED) is 0.346. The maximum absolute atomic E-state index is 12.2. The SMILES string of the molecule is C=CCn1c(COc2ccc(Cl)cc2)nnc1SCC(=O)Nc1ccc(Br)cn1. The summed E-state index contributed by atoms with van der Waals surface area (Å²) in [6.45, 7) is 4.51. The highest BCUT2D eigenvalue weighted by Crippen LogP contribution is 2.20. The van der Waals surface area contributed by atoms with Crippen molar-refractivity contribution in [1.82, 2.24) is 19.7 Å². The number of hydrogen-bond acceptors (Lipinski definition) is 6. The van der Waals surface area contributed by atoms with Crippen LogP contribution in [0.15, 0.2) is 64.9 Å². The Balaban J connectivity index is 1.59. The number of carbonyl (C=O) groups excluding carboxylic acids is 1. The van der Waals surface area contributed by atoms with Crippen LogP contribution in [0.3, 0.4) is 0 Å². The van der Waals surface area contributed by atoms with Crippen molar-refractivity contribution < 1.29 is 9.53 Å². The van der Waals surface area contributed by atoms with E-state index in [0.29, 0.717) is 34.1 Å². The van der Waals surface area contributed by atoms with Crippen molar-refractivity contribution in [3.8, 4) is 5.75 Å². The number of thioether (sulfide) groups is 1. The number of hydrogen-bond donors (Lipinski definition) is 1. The molecule has 3 rings (SSSR count). The smallest absolute Gasteiger partial charge is 0.236 e. The molecule has 0 aliphatic carbocycles. The first kappa shape index (κ1) is 21.4. The minimum absolute atomic E-state index is 0.172. The lowest BCUT2D eigenvalue weighted by molar-refractivity contribution is -0.113. The fourth-order valence-corrected chi connectivity index (χ4v) is 3.41. The third kappa shape index (κ3) is 6.31. The number of benzene rings is 1. The Hall–Kier alpha value is -2.36. The van der Waals surface area contributed by atoms with Crippen LogP contribution in [0.25, 0.3) is 0 Å². The number of rotatable bonds is 9. The fourth-order valence-electron chi connectivity index (χ4n) is 2.28. The van der Waals surface area contributed by atoms with E-state index in [-0.39, 0.29) is 18.3 Å². The number of halogens is 2. The number of pyridine rings is 1. The van der Waals surface area contributed by atoms with Crippen molar-refractivity contribution in [2.24, 2.45) is 0 Å². The second-order valence-electron chi connectivity index (χ2n) is 5.74. The van der Waals surface area contributed by atoms with Gasteiger partial charge in [0.15, 0.2) is 11.0 Å². The minimum Gasteiger partial charge on any atom is -0.486 e. The molecule has 0 radical (unpaired) electrons. The van der Waals surface area contributed by atoms with Gasteiger partial charge in [-0.1, -0.05) is 29.4 Å². The third-order valence-electron chi connectivity index (χ3n) is 3.61. The van der Waals surface area contributed by atoms with Gasteiger partial charge in [0.25, 0.3) is 0 Å². The van der Waals surface area contributed by atoms with Gasteiger partial charge in [-0.25, -0.2) is 4.98 Å². The largest absolute Gasteiger partial charge is 0.486 e. The molecule has 0 aliphatic heterocycles. The zero-order valence-corrected chi connectivity index (χ0v) is 18.4. The molecule has 0 aliphatic rings. The zero-order chi connectivity index (χ0) is 20.6. The number of allylic oxidation sites excluding steroid dienone is 1. The molecule has 0 unspecified atom stereocenters. The maximum Gasteiger partial charge on any atom is 0.236 e. The number of amides is 1. The first-order chi connectivity index (χ1) is 14.0. The van der Waals surface area contributed by atoms with Gasteiger partial charge >= 0.3 is 0 Å². The number of aromatic nitrogens is 4. The average Bonchev–Trinajstić information content (AvgIpc) is 3.10. The van der Waals surface area contributed by atoms with E-state index in [0.717, 1.165) is 4.47 Å². The van der Waals surface area contributed by atoms with Crippen LogP contribution in [-0.2, 0) is 17.9 Å². The molecule has 2 heterocycles. The summed E-state index contributed by atoms with van der Waals surface area (Å²) < 4.78 is 8.45. The summed E-state index contributed by atoms with van der Waals surface area (Å²) in [5.74, 6) is 1.79. The van der Waals surface area contributed by atoms with Gasteiger partial charge in [-0.05, 0) is 52.3 Å². The van der Waals surface area contributed by atoms with Crippen LogP contribution in [0.1, 0.15) is 5.82 Å². The lowest BCUT2D eigenvalue weighted by Gasteiger charge is -2.09. The molecule has 7 nitrogen and oxygen atoms in total. The highest BCUT2D eigenvalue weighted by molar-refractivity contribution is 9.10. The highest BCUT2D eigenvalue weighted by Gasteiger charge is 2.14. The van der Waals surface area contributed by atoms with Gasteiger partial charge in [0, 0.05) is 22.2 Å². The van der Waals surface area contributed by atoms with Crippen molar-refractivity contribution in [3.05, 3.63) is 70.6 Å². The van der Waals surface area contributed by atoms with E-state index >= 15 is 0 Å². The van der Waals surface area contributed by atoms with Crippen LogP contribution in [-0.4, -0.2) is 31.4 Å². The van der Waals surface area contributed by atoms with Crippen LogP contribution in [0, 0.1) is 0 Å². The summed E-state index contributed by atoms with van der Waals surface area (Å²) in [6.07, 6.45) is 3.36. The van der Waals surface area contributed by atoms with Crippen molar-refractivity contribution >= 4 is 51.0 Å². The van der Waals surface area contributed by atoms with Crippen LogP contribution in [0.5, 0.6) is 5.75 Å². The Bertz CT molecular complexity index is 979. The van der Waals surface area contributed by atoms with Gasteiger partial charge in [0.1, 0.15) is 18.2 Å². The Morgan fingerprint density at radius 2 is 2.07 bits per heavy atom. The van der Waals surface area contributed by atoms with Crippen molar-refractivity contribution in [2.75, 3.05) is 11.1 Å². The summed E-state index contributed by atoms with van der Waals surface area (Å²) in [6, 6.07) is 10.6. The van der Waals surface area contributed by atoms with Gasteiger partial charge in [-0.15, -0.1) is 16.8 Å². The van der Waals surface area contributed by atoms with Crippen molar-refractivity contribution in [2.45, 2.75) is 18.3 Å². The van der Waals surface area contributed by atoms with E-state index < -0.39 is 0 Å². The topological polar surface area (TPSA) is 81.9 Å². The lowest BCUT2D eigenvalue weighted by Crippen LogP contribution is -2.15. The van der Waals surface area contributed by atoms with Crippen LogP contribution in [0.4, 0.5) is 5.82 Å². The molecule has 0 spiro atoms. The monoisotopic (exact) mass is 493 g/mol. The normalized spacial score (nSPS) is 10.6. The van der Waals surface area contributed by atoms with Crippen molar-refractivity contribution in [1.29, 1.82) is 0 Å². The van der Waals surface area contributed by atoms with E-state index in [1.807, 2.05) is 10.6 Å². The van der Waals surface area contributed by atoms with Gasteiger partial charge in [-0.3, -0.25) is 9.36 Å². The summed E-state index contributed by atoms with van der Waals surface area (Å²) in [5.41, 5.74) is 0. The average molecular weight is 495 g/mol. The molecule has 0 atom stereocenters. The lowest BCUT2D eigenvalue weighted by atomic mass is 10.3. The Morgan fingerprint density at radius 1 is 1.28 bits per heavy atom. The third-order valence-corrected chi connectivity index (χ3v) is 5.30. The maximum atomic E-state index is 12.2. The van der Waals surface area contributed by atoms with Gasteiger partial charge in [-0.2, -0.15) is 0 Å². The molecule has 3 aromatic rings. The van der Waals surface area contributed by atoms with E-state index in [4.69, 9.17) is 16.3 Å². The molecular formula is C19H17BrClN5O2S. The van der Waals surface area contributed by atoms with Gasteiger partial charge < -0.3 is 10.1 Å². The van der Waals surface area contributed by atoms with Crippen LogP contribution < -0.4 is 10.1 Å². The second kappa shape index (κ2) is 10.4. The van der Waals surface area contributed by atoms with E-state index in [2.05, 4.69) is 43.0 Å². The van der Waals surface area contributed by atoms with Crippen LogP contribution >= 0.6 is 39.3 Å². The fraction of sp³-hybridized carbons (Fsp3) is 0.158. The zero-order valence-electron chi connectivity index (χ0n) is 15.2. The molecule has 1 aromatic carbocycles. The minimum atomic E-state index is -0.183. The summed E-state index contributed by atoms with van der Waals surface area (Å²) in [4.78, 5) is 16.3. The van der Waals surface area contributed by atoms with Crippen molar-refractivity contribution in [3.63, 3.8) is 0 Å². The molecular weight excluding hydrogens is 478 g/mol. The predicted octanol–water partition coefficient (Wildman–Crippen LogP) is 4.58. The number of ether oxygens (including phenoxy) is 1. The Kier molecular flexibility index (Phi) is 7.68. The highest BCUT2D eigenvalue weighted by atomic mass is 79.9. The number of nitrogens with one attached hydrogen (secondary N) is 1. The molecule has 150 valence electrons. The first-order valence-corrected chi connectivity index (χ1v) is 10.7. The van der Waals surface area contributed by atoms with E-state index in [1.54, 1.807) is 42.6 Å². The Morgan fingerprint density at radius 3 is 2.76 bits per heavy atom. The van der Waals surface area contributed by atoms with Gasteiger partial charge in [0.2, 0.25) is 5.91 Å². The molecule has 0 fully saturated rings. The first-order valence-electron chi connectivity index (χ1n) is 8.50. The number of anilines is 1. The second-order valence-corrected chi connectivity index (χ2v) is 8.03. The predicted molar refractivity (Wildman–Crippen MR) is 117 cm³/mol. The number of carbonyl (C=O) groups is 1. The number of nitrogens with zero attached hydrogens (tertiary/aromatic N) is 4. The van der Waals surface area contributed by atoms with Crippen LogP contribution in [0.2, 0.25) is 5.02 Å². The molecule has 0 saturated carbocycles. The summed E-state index contributed by atoms with van der Waals surface area (Å²) in [7, 11) is 0. The molecule has 2 aromatic heterocycles. The molecule has 29 heavy (non-hydrogen) atoms. The van der Waals surface area contributed by atoms with Gasteiger partial charge in [0.05, 0.1) is 5.75 Å². The molecule has 1 N–H and O–H groups in total. The summed E-state index contributed by atoms with van der Waals surface area (Å²) in [5, 5.41) is 12.4. The molecule has 0 bridgehead atoms. The van der Waals surface area contributed by atoms with E-state index in [1.165, 1.54) is 11.8 Å². The van der Waals surface area contributed by atoms with E-state index in [9.17, 15) is 4.79 Å². The molecule has 1 amide bonds. The molecule has 10 heteroatoms. The summed E-state index contributed by atoms with van der Waals surface area (Å²) >= 11 is 10.5.